The van der Waals surface area contributed by atoms with E-state index >= 15 is 0 Å². The van der Waals surface area contributed by atoms with Crippen LogP contribution in [0.25, 0.3) is 11.4 Å². The molecule has 0 saturated carbocycles. The van der Waals surface area contributed by atoms with Crippen molar-refractivity contribution in [2.45, 2.75) is 40.7 Å². The lowest BCUT2D eigenvalue weighted by Gasteiger charge is -2.20. The van der Waals surface area contributed by atoms with E-state index in [0.717, 1.165) is 30.8 Å². The summed E-state index contributed by atoms with van der Waals surface area (Å²) in [5, 5.41) is 0. The topological polar surface area (TPSA) is 49.0 Å². The maximum absolute atomic E-state index is 12.0. The SMILES string of the molecule is CC(C)Cc1cc(=O)[nH]c(-c2ccccc2CN(C)CC(C)C)n1. The van der Waals surface area contributed by atoms with Crippen LogP contribution in [-0.4, -0.2) is 28.5 Å². The van der Waals surface area contributed by atoms with Crippen LogP contribution in [0, 0.1) is 11.8 Å². The number of hydrogen-bond acceptors (Lipinski definition) is 3. The van der Waals surface area contributed by atoms with Crippen LogP contribution in [0.1, 0.15) is 39.0 Å². The van der Waals surface area contributed by atoms with Crippen LogP contribution < -0.4 is 5.56 Å². The Bertz CT molecular complexity index is 719. The van der Waals surface area contributed by atoms with E-state index in [1.165, 1.54) is 5.56 Å². The minimum atomic E-state index is -0.0824. The van der Waals surface area contributed by atoms with Crippen LogP contribution >= 0.6 is 0 Å². The third-order valence-corrected chi connectivity index (χ3v) is 3.80. The fraction of sp³-hybridized carbons (Fsp3) is 0.500. The molecule has 0 radical (unpaired) electrons. The van der Waals surface area contributed by atoms with Gasteiger partial charge in [0.25, 0.3) is 5.56 Å². The average molecular weight is 327 g/mol. The van der Waals surface area contributed by atoms with Crippen molar-refractivity contribution in [3.8, 4) is 11.4 Å². The molecule has 0 aliphatic carbocycles. The summed E-state index contributed by atoms with van der Waals surface area (Å²) in [6.45, 7) is 10.6. The van der Waals surface area contributed by atoms with E-state index in [1.54, 1.807) is 6.07 Å². The van der Waals surface area contributed by atoms with Gasteiger partial charge in [-0.05, 0) is 30.9 Å². The lowest BCUT2D eigenvalue weighted by atomic mass is 10.0. The van der Waals surface area contributed by atoms with Gasteiger partial charge in [-0.15, -0.1) is 0 Å². The van der Waals surface area contributed by atoms with Crippen molar-refractivity contribution in [1.29, 1.82) is 0 Å². The molecule has 1 N–H and O–H groups in total. The summed E-state index contributed by atoms with van der Waals surface area (Å²) in [4.78, 5) is 21.9. The number of nitrogens with zero attached hydrogens (tertiary/aromatic N) is 2. The number of aromatic nitrogens is 2. The molecule has 0 atom stereocenters. The van der Waals surface area contributed by atoms with E-state index in [4.69, 9.17) is 4.98 Å². The number of hydrogen-bond donors (Lipinski definition) is 1. The Labute approximate surface area is 144 Å². The standard InChI is InChI=1S/C20H29N3O/c1-14(2)10-17-11-19(24)22-20(21-17)18-9-7-6-8-16(18)13-23(5)12-15(3)4/h6-9,11,14-15H,10,12-13H2,1-5H3,(H,21,22,24). The van der Waals surface area contributed by atoms with Crippen molar-refractivity contribution >= 4 is 0 Å². The minimum absolute atomic E-state index is 0.0824. The van der Waals surface area contributed by atoms with Crippen molar-refractivity contribution in [2.75, 3.05) is 13.6 Å². The quantitative estimate of drug-likeness (QED) is 0.843. The van der Waals surface area contributed by atoms with E-state index in [1.807, 2.05) is 18.2 Å². The third kappa shape index (κ3) is 5.31. The average Bonchev–Trinajstić information content (AvgIpc) is 2.45. The zero-order chi connectivity index (χ0) is 17.7. The highest BCUT2D eigenvalue weighted by molar-refractivity contribution is 5.60. The summed E-state index contributed by atoms with van der Waals surface area (Å²) in [6, 6.07) is 9.79. The first-order valence-electron chi connectivity index (χ1n) is 8.72. The van der Waals surface area contributed by atoms with Gasteiger partial charge in [-0.1, -0.05) is 52.0 Å². The Kier molecular flexibility index (Phi) is 6.32. The molecule has 0 saturated heterocycles. The van der Waals surface area contributed by atoms with Gasteiger partial charge in [0, 0.05) is 30.4 Å². The van der Waals surface area contributed by atoms with Crippen molar-refractivity contribution in [2.24, 2.45) is 11.8 Å². The molecule has 2 rings (SSSR count). The van der Waals surface area contributed by atoms with Gasteiger partial charge in [0.2, 0.25) is 0 Å². The summed E-state index contributed by atoms with van der Waals surface area (Å²) < 4.78 is 0. The lowest BCUT2D eigenvalue weighted by Crippen LogP contribution is -2.23. The van der Waals surface area contributed by atoms with Crippen LogP contribution in [0.3, 0.4) is 0 Å². The van der Waals surface area contributed by atoms with E-state index in [-0.39, 0.29) is 5.56 Å². The molecular weight excluding hydrogens is 298 g/mol. The molecule has 4 heteroatoms. The summed E-state index contributed by atoms with van der Waals surface area (Å²) in [7, 11) is 2.13. The van der Waals surface area contributed by atoms with Crippen molar-refractivity contribution < 1.29 is 0 Å². The molecule has 0 aliphatic heterocycles. The highest BCUT2D eigenvalue weighted by atomic mass is 16.1. The lowest BCUT2D eigenvalue weighted by molar-refractivity contribution is 0.288. The van der Waals surface area contributed by atoms with Crippen molar-refractivity contribution in [1.82, 2.24) is 14.9 Å². The Morgan fingerprint density at radius 3 is 2.50 bits per heavy atom. The van der Waals surface area contributed by atoms with Gasteiger partial charge in [-0.2, -0.15) is 0 Å². The second-order valence-corrected chi connectivity index (χ2v) is 7.43. The largest absolute Gasteiger partial charge is 0.307 e. The summed E-state index contributed by atoms with van der Waals surface area (Å²) >= 11 is 0. The Morgan fingerprint density at radius 2 is 1.83 bits per heavy atom. The van der Waals surface area contributed by atoms with Gasteiger partial charge in [-0.3, -0.25) is 4.79 Å². The predicted octanol–water partition coefficient (Wildman–Crippen LogP) is 3.72. The second kappa shape index (κ2) is 8.25. The Hall–Kier alpha value is -1.94. The predicted molar refractivity (Wildman–Crippen MR) is 100 cm³/mol. The molecule has 130 valence electrons. The highest BCUT2D eigenvalue weighted by Gasteiger charge is 2.12. The molecule has 0 aliphatic rings. The molecule has 0 bridgehead atoms. The van der Waals surface area contributed by atoms with E-state index in [9.17, 15) is 4.79 Å². The van der Waals surface area contributed by atoms with Gasteiger partial charge in [0.15, 0.2) is 0 Å². The normalized spacial score (nSPS) is 11.7. The molecule has 1 aromatic carbocycles. The van der Waals surface area contributed by atoms with Crippen LogP contribution in [0.4, 0.5) is 0 Å². The van der Waals surface area contributed by atoms with Gasteiger partial charge in [-0.25, -0.2) is 4.98 Å². The zero-order valence-corrected chi connectivity index (χ0v) is 15.5. The summed E-state index contributed by atoms with van der Waals surface area (Å²) in [6.07, 6.45) is 0.812. The Morgan fingerprint density at radius 1 is 1.12 bits per heavy atom. The Balaban J connectivity index is 2.35. The fourth-order valence-corrected chi connectivity index (χ4v) is 3.03. The molecule has 0 unspecified atom stereocenters. The number of benzene rings is 1. The van der Waals surface area contributed by atoms with Crippen molar-refractivity contribution in [3.05, 3.63) is 51.9 Å². The van der Waals surface area contributed by atoms with Gasteiger partial charge in [0.1, 0.15) is 5.82 Å². The third-order valence-electron chi connectivity index (χ3n) is 3.80. The van der Waals surface area contributed by atoms with Crippen molar-refractivity contribution in [3.63, 3.8) is 0 Å². The molecule has 24 heavy (non-hydrogen) atoms. The molecule has 2 aromatic rings. The number of nitrogens with one attached hydrogen (secondary N) is 1. The first-order valence-corrected chi connectivity index (χ1v) is 8.72. The summed E-state index contributed by atoms with van der Waals surface area (Å²) in [5.41, 5.74) is 2.97. The van der Waals surface area contributed by atoms with E-state index in [0.29, 0.717) is 17.7 Å². The maximum atomic E-state index is 12.0. The first-order chi connectivity index (χ1) is 11.3. The molecule has 0 fully saturated rings. The van der Waals surface area contributed by atoms with Gasteiger partial charge >= 0.3 is 0 Å². The van der Waals surface area contributed by atoms with Crippen LogP contribution in [0.2, 0.25) is 0 Å². The number of H-pyrrole nitrogens is 1. The first kappa shape index (κ1) is 18.4. The number of aromatic amines is 1. The highest BCUT2D eigenvalue weighted by Crippen LogP contribution is 2.21. The van der Waals surface area contributed by atoms with Gasteiger partial charge < -0.3 is 9.88 Å². The second-order valence-electron chi connectivity index (χ2n) is 7.43. The monoisotopic (exact) mass is 327 g/mol. The fourth-order valence-electron chi connectivity index (χ4n) is 3.03. The van der Waals surface area contributed by atoms with Gasteiger partial charge in [0.05, 0.1) is 0 Å². The molecule has 4 nitrogen and oxygen atoms in total. The maximum Gasteiger partial charge on any atom is 0.251 e. The molecular formula is C20H29N3O. The molecule has 1 aromatic heterocycles. The minimum Gasteiger partial charge on any atom is -0.307 e. The van der Waals surface area contributed by atoms with Crippen LogP contribution in [0.15, 0.2) is 35.1 Å². The summed E-state index contributed by atoms with van der Waals surface area (Å²) in [5.74, 6) is 1.76. The molecule has 0 amide bonds. The van der Waals surface area contributed by atoms with Crippen LogP contribution in [-0.2, 0) is 13.0 Å². The smallest absolute Gasteiger partial charge is 0.251 e. The molecule has 0 spiro atoms. The van der Waals surface area contributed by atoms with E-state index < -0.39 is 0 Å². The zero-order valence-electron chi connectivity index (χ0n) is 15.5. The van der Waals surface area contributed by atoms with E-state index in [2.05, 4.69) is 50.7 Å². The molecule has 1 heterocycles. The number of rotatable bonds is 7. The van der Waals surface area contributed by atoms with Crippen LogP contribution in [0.5, 0.6) is 0 Å².